The number of ether oxygens (including phenoxy) is 1. The minimum Gasteiger partial charge on any atom is -0.457 e. The average Bonchev–Trinajstić information content (AvgIpc) is 3.27. The van der Waals surface area contributed by atoms with Crippen molar-refractivity contribution in [3.63, 3.8) is 0 Å². The van der Waals surface area contributed by atoms with Gasteiger partial charge in [0.2, 0.25) is 0 Å². The van der Waals surface area contributed by atoms with Crippen molar-refractivity contribution in [3.8, 4) is 11.5 Å². The van der Waals surface area contributed by atoms with Crippen LogP contribution in [0.5, 0.6) is 11.5 Å². The van der Waals surface area contributed by atoms with E-state index in [-0.39, 0.29) is 5.91 Å². The van der Waals surface area contributed by atoms with E-state index >= 15 is 0 Å². The highest BCUT2D eigenvalue weighted by molar-refractivity contribution is 5.94. The first kappa shape index (κ1) is 18.5. The third-order valence-corrected chi connectivity index (χ3v) is 4.52. The van der Waals surface area contributed by atoms with Crippen LogP contribution in [0.15, 0.2) is 97.6 Å². The lowest BCUT2D eigenvalue weighted by atomic mass is 10.1. The third-order valence-electron chi connectivity index (χ3n) is 4.52. The molecule has 0 unspecified atom stereocenters. The summed E-state index contributed by atoms with van der Waals surface area (Å²) in [7, 11) is 0. The van der Waals surface area contributed by atoms with Gasteiger partial charge in [0.1, 0.15) is 11.5 Å². The fraction of sp³-hybridized carbons (Fsp3) is 0.0833. The molecule has 0 bridgehead atoms. The van der Waals surface area contributed by atoms with E-state index in [0.29, 0.717) is 12.1 Å². The number of nitrogens with one attached hydrogen (secondary N) is 1. The van der Waals surface area contributed by atoms with Crippen molar-refractivity contribution < 1.29 is 9.53 Å². The van der Waals surface area contributed by atoms with Crippen LogP contribution in [-0.4, -0.2) is 15.5 Å². The molecule has 0 saturated heterocycles. The quantitative estimate of drug-likeness (QED) is 0.505. The zero-order valence-electron chi connectivity index (χ0n) is 15.9. The minimum absolute atomic E-state index is 0.117. The number of carbonyl (C=O) groups excluding carboxylic acids is 1. The smallest absolute Gasteiger partial charge is 0.251 e. The molecule has 1 aromatic heterocycles. The molecule has 1 N–H and O–H groups in total. The summed E-state index contributed by atoms with van der Waals surface area (Å²) in [6.45, 7) is 1.12. The van der Waals surface area contributed by atoms with Gasteiger partial charge < -0.3 is 14.6 Å². The Balaban J connectivity index is 1.38. The summed E-state index contributed by atoms with van der Waals surface area (Å²) < 4.78 is 7.94. The molecule has 5 nitrogen and oxygen atoms in total. The molecule has 5 heteroatoms. The van der Waals surface area contributed by atoms with Crippen LogP contribution in [0, 0.1) is 0 Å². The van der Waals surface area contributed by atoms with Gasteiger partial charge in [-0.3, -0.25) is 4.79 Å². The van der Waals surface area contributed by atoms with Crippen molar-refractivity contribution in [2.24, 2.45) is 0 Å². The van der Waals surface area contributed by atoms with Crippen LogP contribution in [0.3, 0.4) is 0 Å². The lowest BCUT2D eigenvalue weighted by Gasteiger charge is -2.12. The van der Waals surface area contributed by atoms with Crippen LogP contribution in [0.2, 0.25) is 0 Å². The second-order valence-electron chi connectivity index (χ2n) is 6.64. The molecule has 4 aromatic rings. The molecule has 3 aromatic carbocycles. The first-order valence-corrected chi connectivity index (χ1v) is 9.41. The van der Waals surface area contributed by atoms with E-state index < -0.39 is 0 Å². The Kier molecular flexibility index (Phi) is 5.67. The van der Waals surface area contributed by atoms with Crippen LogP contribution >= 0.6 is 0 Å². The van der Waals surface area contributed by atoms with Crippen molar-refractivity contribution in [2.45, 2.75) is 13.1 Å². The molecule has 0 aliphatic heterocycles. The summed E-state index contributed by atoms with van der Waals surface area (Å²) in [6, 6.07) is 24.9. The molecule has 1 heterocycles. The maximum Gasteiger partial charge on any atom is 0.251 e. The number of aromatic nitrogens is 2. The molecular weight excluding hydrogens is 362 g/mol. The number of carbonyl (C=O) groups is 1. The van der Waals surface area contributed by atoms with E-state index in [1.807, 2.05) is 89.6 Å². The van der Waals surface area contributed by atoms with Gasteiger partial charge in [-0.05, 0) is 35.9 Å². The van der Waals surface area contributed by atoms with Gasteiger partial charge in [0.05, 0.1) is 6.33 Å². The number of hydrogen-bond acceptors (Lipinski definition) is 3. The number of nitrogens with zero attached hydrogens (tertiary/aromatic N) is 2. The third kappa shape index (κ3) is 4.90. The van der Waals surface area contributed by atoms with E-state index in [0.717, 1.165) is 29.2 Å². The molecule has 0 atom stereocenters. The van der Waals surface area contributed by atoms with Crippen LogP contribution < -0.4 is 10.1 Å². The number of para-hydroxylation sites is 2. The van der Waals surface area contributed by atoms with E-state index in [4.69, 9.17) is 4.74 Å². The zero-order valence-corrected chi connectivity index (χ0v) is 15.9. The molecule has 0 radical (unpaired) electrons. The molecule has 0 saturated carbocycles. The molecule has 29 heavy (non-hydrogen) atoms. The molecular formula is C24H21N3O2. The van der Waals surface area contributed by atoms with Crippen LogP contribution in [0.1, 0.15) is 21.5 Å². The first-order chi connectivity index (χ1) is 14.3. The Labute approximate surface area is 169 Å². The lowest BCUT2D eigenvalue weighted by molar-refractivity contribution is 0.0950. The molecule has 0 aliphatic carbocycles. The minimum atomic E-state index is -0.117. The standard InChI is InChI=1S/C24H21N3O2/c28-24(20-12-10-19(11-13-20)17-27-15-14-25-18-27)26-16-21-6-4-5-9-23(21)29-22-7-2-1-3-8-22/h1-15,18H,16-17H2,(H,26,28). The summed E-state index contributed by atoms with van der Waals surface area (Å²) >= 11 is 0. The molecule has 0 aliphatic rings. The van der Waals surface area contributed by atoms with Crippen molar-refractivity contribution in [2.75, 3.05) is 0 Å². The van der Waals surface area contributed by atoms with Crippen molar-refractivity contribution in [1.29, 1.82) is 0 Å². The second-order valence-corrected chi connectivity index (χ2v) is 6.64. The molecule has 0 spiro atoms. The predicted octanol–water partition coefficient (Wildman–Crippen LogP) is 4.65. The number of hydrogen-bond donors (Lipinski definition) is 1. The number of rotatable bonds is 7. The van der Waals surface area contributed by atoms with Gasteiger partial charge >= 0.3 is 0 Å². The van der Waals surface area contributed by atoms with E-state index in [1.165, 1.54) is 0 Å². The Morgan fingerprint density at radius 1 is 0.931 bits per heavy atom. The van der Waals surface area contributed by atoms with Crippen LogP contribution in [0.25, 0.3) is 0 Å². The van der Waals surface area contributed by atoms with Crippen LogP contribution in [-0.2, 0) is 13.1 Å². The Hall–Kier alpha value is -3.86. The summed E-state index contributed by atoms with van der Waals surface area (Å²) in [5.41, 5.74) is 2.66. The summed E-state index contributed by atoms with van der Waals surface area (Å²) in [5.74, 6) is 1.38. The largest absolute Gasteiger partial charge is 0.457 e. The van der Waals surface area contributed by atoms with Crippen molar-refractivity contribution in [1.82, 2.24) is 14.9 Å². The zero-order chi connectivity index (χ0) is 19.9. The predicted molar refractivity (Wildman–Crippen MR) is 112 cm³/mol. The molecule has 0 fully saturated rings. The van der Waals surface area contributed by atoms with Gasteiger partial charge in [-0.15, -0.1) is 0 Å². The Morgan fingerprint density at radius 2 is 1.69 bits per heavy atom. The molecule has 144 valence electrons. The normalized spacial score (nSPS) is 10.5. The maximum absolute atomic E-state index is 12.5. The maximum atomic E-state index is 12.5. The van der Waals surface area contributed by atoms with Gasteiger partial charge in [0.15, 0.2) is 0 Å². The fourth-order valence-corrected chi connectivity index (χ4v) is 3.00. The average molecular weight is 383 g/mol. The highest BCUT2D eigenvalue weighted by atomic mass is 16.5. The Bertz CT molecular complexity index is 1060. The summed E-state index contributed by atoms with van der Waals surface area (Å²) in [4.78, 5) is 16.6. The van der Waals surface area contributed by atoms with Gasteiger partial charge in [-0.25, -0.2) is 4.98 Å². The second kappa shape index (κ2) is 8.89. The SMILES string of the molecule is O=C(NCc1ccccc1Oc1ccccc1)c1ccc(Cn2ccnc2)cc1. The first-order valence-electron chi connectivity index (χ1n) is 9.41. The van der Waals surface area contributed by atoms with Gasteiger partial charge in [-0.1, -0.05) is 48.5 Å². The number of imidazole rings is 1. The lowest BCUT2D eigenvalue weighted by Crippen LogP contribution is -2.23. The van der Waals surface area contributed by atoms with Crippen molar-refractivity contribution >= 4 is 5.91 Å². The van der Waals surface area contributed by atoms with E-state index in [1.54, 1.807) is 12.5 Å². The summed E-state index contributed by atoms with van der Waals surface area (Å²) in [5, 5.41) is 2.97. The number of benzene rings is 3. The van der Waals surface area contributed by atoms with E-state index in [2.05, 4.69) is 10.3 Å². The topological polar surface area (TPSA) is 56.1 Å². The van der Waals surface area contributed by atoms with Gasteiger partial charge in [0, 0.05) is 36.6 Å². The van der Waals surface area contributed by atoms with Crippen LogP contribution in [0.4, 0.5) is 0 Å². The highest BCUT2D eigenvalue weighted by Crippen LogP contribution is 2.25. The van der Waals surface area contributed by atoms with Gasteiger partial charge in [0.25, 0.3) is 5.91 Å². The molecule has 4 rings (SSSR count). The fourth-order valence-electron chi connectivity index (χ4n) is 3.00. The summed E-state index contributed by atoms with van der Waals surface area (Å²) in [6.07, 6.45) is 5.44. The van der Waals surface area contributed by atoms with Crippen molar-refractivity contribution in [3.05, 3.63) is 114 Å². The molecule has 1 amide bonds. The van der Waals surface area contributed by atoms with Gasteiger partial charge in [-0.2, -0.15) is 0 Å². The number of amides is 1. The Morgan fingerprint density at radius 3 is 2.45 bits per heavy atom. The highest BCUT2D eigenvalue weighted by Gasteiger charge is 2.09. The monoisotopic (exact) mass is 383 g/mol. The van der Waals surface area contributed by atoms with E-state index in [9.17, 15) is 4.79 Å².